The average molecular weight is 346 g/mol. The Labute approximate surface area is 131 Å². The second-order valence-electron chi connectivity index (χ2n) is 4.09. The number of rotatable bonds is 3. The number of sulfone groups is 1. The summed E-state index contributed by atoms with van der Waals surface area (Å²) in [6, 6.07) is 4.02. The van der Waals surface area contributed by atoms with Crippen LogP contribution >= 0.6 is 23.2 Å². The van der Waals surface area contributed by atoms with Crippen molar-refractivity contribution < 1.29 is 13.2 Å². The van der Waals surface area contributed by atoms with Crippen molar-refractivity contribution in [1.82, 2.24) is 9.97 Å². The van der Waals surface area contributed by atoms with Gasteiger partial charge in [0.2, 0.25) is 0 Å². The minimum absolute atomic E-state index is 0.0280. The van der Waals surface area contributed by atoms with Crippen LogP contribution in [0.5, 0.6) is 0 Å². The summed E-state index contributed by atoms with van der Waals surface area (Å²) in [6.45, 7) is 0. The smallest absolute Gasteiger partial charge is 0.275 e. The monoisotopic (exact) mass is 345 g/mol. The fourth-order valence-electron chi connectivity index (χ4n) is 1.45. The van der Waals surface area contributed by atoms with Crippen molar-refractivity contribution in [2.45, 2.75) is 4.90 Å². The number of anilines is 1. The zero-order chi connectivity index (χ0) is 15.6. The molecule has 1 N–H and O–H groups in total. The Morgan fingerprint density at radius 3 is 2.48 bits per heavy atom. The van der Waals surface area contributed by atoms with Crippen LogP contribution < -0.4 is 5.32 Å². The first-order chi connectivity index (χ1) is 9.77. The van der Waals surface area contributed by atoms with Crippen molar-refractivity contribution in [3.63, 3.8) is 0 Å². The van der Waals surface area contributed by atoms with E-state index in [9.17, 15) is 13.2 Å². The summed E-state index contributed by atoms with van der Waals surface area (Å²) in [5, 5.41) is 2.84. The van der Waals surface area contributed by atoms with Crippen molar-refractivity contribution in [1.29, 1.82) is 0 Å². The van der Waals surface area contributed by atoms with Crippen LogP contribution in [-0.4, -0.2) is 30.5 Å². The van der Waals surface area contributed by atoms with Crippen molar-refractivity contribution in [3.05, 3.63) is 46.5 Å². The fraction of sp³-hybridized carbons (Fsp3) is 0.0833. The molecule has 0 radical (unpaired) electrons. The van der Waals surface area contributed by atoms with Gasteiger partial charge in [0, 0.05) is 6.26 Å². The number of halogens is 2. The van der Waals surface area contributed by atoms with Gasteiger partial charge in [-0.3, -0.25) is 4.79 Å². The van der Waals surface area contributed by atoms with Gasteiger partial charge in [-0.05, 0) is 18.2 Å². The summed E-state index contributed by atoms with van der Waals surface area (Å²) >= 11 is 11.5. The highest BCUT2D eigenvalue weighted by Crippen LogP contribution is 2.25. The largest absolute Gasteiger partial charge is 0.319 e. The van der Waals surface area contributed by atoms with Crippen molar-refractivity contribution in [3.8, 4) is 0 Å². The van der Waals surface area contributed by atoms with Gasteiger partial charge in [-0.15, -0.1) is 0 Å². The molecule has 0 aliphatic heterocycles. The molecule has 0 aliphatic rings. The third-order valence-corrected chi connectivity index (χ3v) is 4.10. The molecule has 1 aromatic carbocycles. The summed E-state index contributed by atoms with van der Waals surface area (Å²) in [4.78, 5) is 19.6. The lowest BCUT2D eigenvalue weighted by molar-refractivity contribution is 0.102. The van der Waals surface area contributed by atoms with E-state index in [-0.39, 0.29) is 26.5 Å². The molecule has 0 fully saturated rings. The normalized spacial score (nSPS) is 11.2. The van der Waals surface area contributed by atoms with Gasteiger partial charge >= 0.3 is 0 Å². The van der Waals surface area contributed by atoms with Crippen molar-refractivity contribution in [2.75, 3.05) is 11.6 Å². The molecule has 1 aromatic heterocycles. The number of nitrogens with zero attached hydrogens (tertiary/aromatic N) is 2. The summed E-state index contributed by atoms with van der Waals surface area (Å²) in [7, 11) is -3.40. The molecule has 0 atom stereocenters. The molecule has 0 unspecified atom stereocenters. The average Bonchev–Trinajstić information content (AvgIpc) is 2.40. The summed E-state index contributed by atoms with van der Waals surface area (Å²) in [6.07, 6.45) is 3.49. The van der Waals surface area contributed by atoms with E-state index < -0.39 is 15.7 Å². The molecule has 110 valence electrons. The standard InChI is InChI=1S/C12H9Cl2N3O3S/c1-21(19,20)7-2-3-8(13)9(4-7)17-12(18)10-5-16-11(14)6-15-10/h2-6H,1H3,(H,17,18). The first-order valence-corrected chi connectivity index (χ1v) is 8.20. The molecule has 1 heterocycles. The lowest BCUT2D eigenvalue weighted by atomic mass is 10.3. The Morgan fingerprint density at radius 2 is 1.90 bits per heavy atom. The van der Waals surface area contributed by atoms with E-state index >= 15 is 0 Å². The van der Waals surface area contributed by atoms with Gasteiger partial charge in [-0.2, -0.15) is 0 Å². The van der Waals surface area contributed by atoms with Crippen LogP contribution in [0.2, 0.25) is 10.2 Å². The summed E-state index contributed by atoms with van der Waals surface area (Å²) in [5.41, 5.74) is 0.196. The molecule has 9 heteroatoms. The molecule has 0 saturated carbocycles. The number of carbonyl (C=O) groups excluding carboxylic acids is 1. The van der Waals surface area contributed by atoms with E-state index in [1.165, 1.54) is 30.6 Å². The molecule has 0 saturated heterocycles. The number of nitrogens with one attached hydrogen (secondary N) is 1. The summed E-state index contributed by atoms with van der Waals surface area (Å²) < 4.78 is 23.0. The molecule has 2 aromatic rings. The second kappa shape index (κ2) is 5.97. The topological polar surface area (TPSA) is 89.0 Å². The first kappa shape index (κ1) is 15.7. The van der Waals surface area contributed by atoms with Gasteiger partial charge < -0.3 is 5.32 Å². The van der Waals surface area contributed by atoms with Gasteiger partial charge in [-0.1, -0.05) is 23.2 Å². The molecule has 0 bridgehead atoms. The molecule has 2 rings (SSSR count). The van der Waals surface area contributed by atoms with Crippen molar-refractivity contribution >= 4 is 44.6 Å². The van der Waals surface area contributed by atoms with E-state index in [0.29, 0.717) is 0 Å². The van der Waals surface area contributed by atoms with Crippen LogP contribution in [0.25, 0.3) is 0 Å². The van der Waals surface area contributed by atoms with E-state index in [0.717, 1.165) is 6.26 Å². The highest BCUT2D eigenvalue weighted by atomic mass is 35.5. The maximum Gasteiger partial charge on any atom is 0.275 e. The maximum absolute atomic E-state index is 12.0. The number of benzene rings is 1. The number of amides is 1. The Hall–Kier alpha value is -1.70. The predicted molar refractivity (Wildman–Crippen MR) is 79.6 cm³/mol. The number of hydrogen-bond donors (Lipinski definition) is 1. The lowest BCUT2D eigenvalue weighted by Crippen LogP contribution is -2.14. The SMILES string of the molecule is CS(=O)(=O)c1ccc(Cl)c(NC(=O)c2cnc(Cl)cn2)c1. The maximum atomic E-state index is 12.0. The van der Waals surface area contributed by atoms with Crippen LogP contribution in [0.1, 0.15) is 10.5 Å². The Bertz CT molecular complexity index is 792. The minimum atomic E-state index is -3.40. The van der Waals surface area contributed by atoms with Crippen LogP contribution in [-0.2, 0) is 9.84 Å². The van der Waals surface area contributed by atoms with Gasteiger partial charge in [0.1, 0.15) is 10.8 Å². The van der Waals surface area contributed by atoms with Gasteiger partial charge in [0.25, 0.3) is 5.91 Å². The molecule has 21 heavy (non-hydrogen) atoms. The van der Waals surface area contributed by atoms with Crippen LogP contribution in [0.4, 0.5) is 5.69 Å². The fourth-order valence-corrected chi connectivity index (χ4v) is 2.36. The van der Waals surface area contributed by atoms with E-state index in [2.05, 4.69) is 15.3 Å². The number of aromatic nitrogens is 2. The number of carbonyl (C=O) groups is 1. The van der Waals surface area contributed by atoms with E-state index in [1.807, 2.05) is 0 Å². The molecule has 0 aliphatic carbocycles. The van der Waals surface area contributed by atoms with Gasteiger partial charge in [-0.25, -0.2) is 18.4 Å². The number of hydrogen-bond acceptors (Lipinski definition) is 5. The van der Waals surface area contributed by atoms with Crippen LogP contribution in [0.3, 0.4) is 0 Å². The van der Waals surface area contributed by atoms with E-state index in [4.69, 9.17) is 23.2 Å². The zero-order valence-electron chi connectivity index (χ0n) is 10.7. The van der Waals surface area contributed by atoms with Gasteiger partial charge in [0.05, 0.1) is 28.0 Å². The van der Waals surface area contributed by atoms with Crippen LogP contribution in [0, 0.1) is 0 Å². The van der Waals surface area contributed by atoms with E-state index in [1.54, 1.807) is 0 Å². The molecule has 6 nitrogen and oxygen atoms in total. The third kappa shape index (κ3) is 3.90. The van der Waals surface area contributed by atoms with Crippen LogP contribution in [0.15, 0.2) is 35.5 Å². The predicted octanol–water partition coefficient (Wildman–Crippen LogP) is 2.44. The van der Waals surface area contributed by atoms with Crippen molar-refractivity contribution in [2.24, 2.45) is 0 Å². The third-order valence-electron chi connectivity index (χ3n) is 2.47. The Balaban J connectivity index is 2.31. The Kier molecular flexibility index (Phi) is 4.46. The molecular weight excluding hydrogens is 337 g/mol. The first-order valence-electron chi connectivity index (χ1n) is 5.56. The highest BCUT2D eigenvalue weighted by Gasteiger charge is 2.14. The summed E-state index contributed by atoms with van der Waals surface area (Å²) in [5.74, 6) is -0.577. The zero-order valence-corrected chi connectivity index (χ0v) is 13.0. The molecule has 1 amide bonds. The molecule has 0 spiro atoms. The minimum Gasteiger partial charge on any atom is -0.319 e. The Morgan fingerprint density at radius 1 is 1.19 bits per heavy atom. The second-order valence-corrected chi connectivity index (χ2v) is 6.90. The lowest BCUT2D eigenvalue weighted by Gasteiger charge is -2.08. The molecular formula is C12H9Cl2N3O3S. The quantitative estimate of drug-likeness (QED) is 0.922. The highest BCUT2D eigenvalue weighted by molar-refractivity contribution is 7.90. The van der Waals surface area contributed by atoms with Gasteiger partial charge in [0.15, 0.2) is 9.84 Å².